The summed E-state index contributed by atoms with van der Waals surface area (Å²) in [6, 6.07) is 12.4. The van der Waals surface area contributed by atoms with Crippen LogP contribution in [-0.4, -0.2) is 41.1 Å². The summed E-state index contributed by atoms with van der Waals surface area (Å²) in [7, 11) is 0. The van der Waals surface area contributed by atoms with Gasteiger partial charge in [0.1, 0.15) is 11.5 Å². The van der Waals surface area contributed by atoms with Gasteiger partial charge in [0.25, 0.3) is 5.91 Å². The molecule has 2 fully saturated rings. The van der Waals surface area contributed by atoms with E-state index in [9.17, 15) is 9.18 Å². The van der Waals surface area contributed by atoms with Crippen LogP contribution >= 0.6 is 0 Å². The summed E-state index contributed by atoms with van der Waals surface area (Å²) in [6.07, 6.45) is 4.63. The number of likely N-dealkylation sites (tertiary alicyclic amines) is 1. The minimum absolute atomic E-state index is 0.105. The van der Waals surface area contributed by atoms with Gasteiger partial charge in [-0.1, -0.05) is 18.2 Å². The van der Waals surface area contributed by atoms with E-state index >= 15 is 0 Å². The van der Waals surface area contributed by atoms with Crippen LogP contribution in [0.3, 0.4) is 0 Å². The first-order valence-electron chi connectivity index (χ1n) is 9.41. The van der Waals surface area contributed by atoms with Crippen LogP contribution in [0.2, 0.25) is 0 Å². The Morgan fingerprint density at radius 3 is 2.59 bits per heavy atom. The van der Waals surface area contributed by atoms with Crippen molar-refractivity contribution < 1.29 is 9.18 Å². The Morgan fingerprint density at radius 1 is 1.11 bits per heavy atom. The van der Waals surface area contributed by atoms with E-state index in [2.05, 4.69) is 26.1 Å². The van der Waals surface area contributed by atoms with Crippen LogP contribution in [0.1, 0.15) is 41.4 Å². The molecule has 0 spiro atoms. The van der Waals surface area contributed by atoms with Gasteiger partial charge in [-0.05, 0) is 49.1 Å². The SMILES string of the molecule is O=C(NC1CCN(C2CC(c3ccc(F)cc3)NN2)CC1)c1ccccn1. The Morgan fingerprint density at radius 2 is 1.89 bits per heavy atom. The zero-order valence-electron chi connectivity index (χ0n) is 15.1. The summed E-state index contributed by atoms with van der Waals surface area (Å²) in [5.74, 6) is -0.317. The van der Waals surface area contributed by atoms with E-state index in [0.29, 0.717) is 5.69 Å². The minimum Gasteiger partial charge on any atom is -0.348 e. The summed E-state index contributed by atoms with van der Waals surface area (Å²) < 4.78 is 13.1. The molecule has 142 valence electrons. The fourth-order valence-corrected chi connectivity index (χ4v) is 3.80. The number of hydrazine groups is 1. The number of rotatable bonds is 4. The number of aromatic nitrogens is 1. The third-order valence-corrected chi connectivity index (χ3v) is 5.36. The van der Waals surface area contributed by atoms with Crippen molar-refractivity contribution >= 4 is 5.91 Å². The molecule has 2 unspecified atom stereocenters. The van der Waals surface area contributed by atoms with Crippen LogP contribution in [0.4, 0.5) is 4.39 Å². The average molecular weight is 369 g/mol. The number of halogens is 1. The van der Waals surface area contributed by atoms with Gasteiger partial charge in [0.2, 0.25) is 0 Å². The Balaban J connectivity index is 1.26. The summed E-state index contributed by atoms with van der Waals surface area (Å²) in [6.45, 7) is 1.84. The highest BCUT2D eigenvalue weighted by atomic mass is 19.1. The number of amides is 1. The highest BCUT2D eigenvalue weighted by Crippen LogP contribution is 2.25. The van der Waals surface area contributed by atoms with Crippen LogP contribution < -0.4 is 16.2 Å². The van der Waals surface area contributed by atoms with Crippen molar-refractivity contribution in [1.82, 2.24) is 26.1 Å². The molecule has 2 aliphatic rings. The van der Waals surface area contributed by atoms with Gasteiger partial charge < -0.3 is 5.32 Å². The van der Waals surface area contributed by atoms with Crippen molar-refractivity contribution in [1.29, 1.82) is 0 Å². The Hall–Kier alpha value is -2.35. The summed E-state index contributed by atoms with van der Waals surface area (Å²) >= 11 is 0. The molecule has 2 aromatic rings. The lowest BCUT2D eigenvalue weighted by Crippen LogP contribution is -2.51. The molecule has 2 aliphatic heterocycles. The van der Waals surface area contributed by atoms with Gasteiger partial charge in [0, 0.05) is 31.4 Å². The molecule has 0 bridgehead atoms. The maximum absolute atomic E-state index is 13.1. The van der Waals surface area contributed by atoms with E-state index in [4.69, 9.17) is 0 Å². The van der Waals surface area contributed by atoms with E-state index in [1.165, 1.54) is 12.1 Å². The molecule has 0 radical (unpaired) electrons. The Kier molecular flexibility index (Phi) is 5.42. The van der Waals surface area contributed by atoms with Gasteiger partial charge in [0.05, 0.1) is 6.17 Å². The van der Waals surface area contributed by atoms with Crippen molar-refractivity contribution in [2.75, 3.05) is 13.1 Å². The molecule has 27 heavy (non-hydrogen) atoms. The first-order valence-corrected chi connectivity index (χ1v) is 9.41. The van der Waals surface area contributed by atoms with Crippen LogP contribution in [-0.2, 0) is 0 Å². The number of carbonyl (C=O) groups is 1. The number of hydrogen-bond donors (Lipinski definition) is 3. The predicted octanol–water partition coefficient (Wildman–Crippen LogP) is 1.98. The van der Waals surface area contributed by atoms with E-state index in [-0.39, 0.29) is 30.0 Å². The smallest absolute Gasteiger partial charge is 0.270 e. The minimum atomic E-state index is -0.212. The van der Waals surface area contributed by atoms with Crippen LogP contribution in [0.5, 0.6) is 0 Å². The number of nitrogens with zero attached hydrogens (tertiary/aromatic N) is 2. The van der Waals surface area contributed by atoms with E-state index < -0.39 is 0 Å². The molecule has 0 aliphatic carbocycles. The largest absolute Gasteiger partial charge is 0.348 e. The highest BCUT2D eigenvalue weighted by molar-refractivity contribution is 5.92. The molecule has 3 heterocycles. The lowest BCUT2D eigenvalue weighted by molar-refractivity contribution is 0.0875. The van der Waals surface area contributed by atoms with Crippen molar-refractivity contribution in [3.63, 3.8) is 0 Å². The first kappa shape index (κ1) is 18.0. The maximum atomic E-state index is 13.1. The van der Waals surface area contributed by atoms with Gasteiger partial charge in [-0.15, -0.1) is 0 Å². The zero-order chi connectivity index (χ0) is 18.6. The number of hydrogen-bond acceptors (Lipinski definition) is 5. The molecule has 1 aromatic heterocycles. The molecule has 0 saturated carbocycles. The first-order chi connectivity index (χ1) is 13.2. The third-order valence-electron chi connectivity index (χ3n) is 5.36. The molecule has 6 nitrogen and oxygen atoms in total. The van der Waals surface area contributed by atoms with Crippen molar-refractivity contribution in [2.45, 2.75) is 37.5 Å². The van der Waals surface area contributed by atoms with Crippen molar-refractivity contribution in [2.24, 2.45) is 0 Å². The second kappa shape index (κ2) is 8.12. The number of piperidine rings is 1. The number of nitrogens with one attached hydrogen (secondary N) is 3. The molecular formula is C20H24FN5O. The second-order valence-corrected chi connectivity index (χ2v) is 7.14. The quantitative estimate of drug-likeness (QED) is 0.769. The zero-order valence-corrected chi connectivity index (χ0v) is 15.1. The molecule has 2 atom stereocenters. The van der Waals surface area contributed by atoms with Crippen molar-refractivity contribution in [3.05, 3.63) is 65.7 Å². The molecule has 1 amide bonds. The standard InChI is InChI=1S/C20H24FN5O/c21-15-6-4-14(5-7-15)18-13-19(25-24-18)26-11-8-16(9-12-26)23-20(27)17-3-1-2-10-22-17/h1-7,10,16,18-19,24-25H,8-9,11-13H2,(H,23,27). The van der Waals surface area contributed by atoms with Gasteiger partial charge in [-0.2, -0.15) is 0 Å². The van der Waals surface area contributed by atoms with Crippen LogP contribution in [0.15, 0.2) is 48.7 Å². The summed E-state index contributed by atoms with van der Waals surface area (Å²) in [5, 5.41) is 3.09. The number of carbonyl (C=O) groups excluding carboxylic acids is 1. The number of pyridine rings is 1. The Labute approximate surface area is 158 Å². The maximum Gasteiger partial charge on any atom is 0.270 e. The molecule has 1 aromatic carbocycles. The van der Waals surface area contributed by atoms with Crippen LogP contribution in [0, 0.1) is 5.82 Å². The molecule has 4 rings (SSSR count). The van der Waals surface area contributed by atoms with Gasteiger partial charge in [-0.3, -0.25) is 14.7 Å². The summed E-state index contributed by atoms with van der Waals surface area (Å²) in [4.78, 5) is 18.7. The second-order valence-electron chi connectivity index (χ2n) is 7.14. The van der Waals surface area contributed by atoms with E-state index in [1.807, 2.05) is 18.2 Å². The molecule has 3 N–H and O–H groups in total. The molecule has 7 heteroatoms. The fraction of sp³-hybridized carbons (Fsp3) is 0.400. The summed E-state index contributed by atoms with van der Waals surface area (Å²) in [5.41, 5.74) is 8.22. The van der Waals surface area contributed by atoms with Crippen molar-refractivity contribution in [3.8, 4) is 0 Å². The third kappa shape index (κ3) is 4.32. The Bertz CT molecular complexity index is 762. The van der Waals surface area contributed by atoms with E-state index in [1.54, 1.807) is 18.3 Å². The van der Waals surface area contributed by atoms with E-state index in [0.717, 1.165) is 37.9 Å². The fourth-order valence-electron chi connectivity index (χ4n) is 3.80. The highest BCUT2D eigenvalue weighted by Gasteiger charge is 2.32. The topological polar surface area (TPSA) is 69.3 Å². The predicted molar refractivity (Wildman–Crippen MR) is 100 cm³/mol. The lowest BCUT2D eigenvalue weighted by atomic mass is 10.0. The van der Waals surface area contributed by atoms with Gasteiger partial charge in [-0.25, -0.2) is 15.2 Å². The monoisotopic (exact) mass is 369 g/mol. The number of benzene rings is 1. The molecular weight excluding hydrogens is 345 g/mol. The normalized spacial score (nSPS) is 24.0. The molecule has 2 saturated heterocycles. The average Bonchev–Trinajstić information content (AvgIpc) is 3.20. The lowest BCUT2D eigenvalue weighted by Gasteiger charge is -2.35. The van der Waals surface area contributed by atoms with Crippen LogP contribution in [0.25, 0.3) is 0 Å². The van der Waals surface area contributed by atoms with Gasteiger partial charge >= 0.3 is 0 Å². The van der Waals surface area contributed by atoms with Gasteiger partial charge in [0.15, 0.2) is 0 Å².